The van der Waals surface area contributed by atoms with Crippen LogP contribution in [0.5, 0.6) is 0 Å². The van der Waals surface area contributed by atoms with Crippen molar-refractivity contribution in [2.24, 2.45) is 0 Å². The van der Waals surface area contributed by atoms with Gasteiger partial charge in [-0.1, -0.05) is 35.9 Å². The number of likely N-dealkylation sites (tertiary alicyclic amines) is 1. The number of rotatable bonds is 6. The van der Waals surface area contributed by atoms with Gasteiger partial charge in [-0.3, -0.25) is 4.90 Å². The minimum atomic E-state index is -0.350. The lowest BCUT2D eigenvalue weighted by atomic mass is 10.0. The van der Waals surface area contributed by atoms with Crippen molar-refractivity contribution in [2.75, 3.05) is 25.5 Å². The molecule has 2 N–H and O–H groups in total. The van der Waals surface area contributed by atoms with Crippen LogP contribution in [0.1, 0.15) is 24.0 Å². The lowest BCUT2D eigenvalue weighted by Crippen LogP contribution is -2.38. The maximum Gasteiger partial charge on any atom is 0.338 e. The van der Waals surface area contributed by atoms with E-state index in [9.17, 15) is 4.79 Å². The molecule has 0 unspecified atom stereocenters. The summed E-state index contributed by atoms with van der Waals surface area (Å²) >= 11 is 6.15. The van der Waals surface area contributed by atoms with Crippen LogP contribution >= 0.6 is 11.6 Å². The molecule has 0 amide bonds. The van der Waals surface area contributed by atoms with E-state index in [1.165, 1.54) is 17.2 Å². The first kappa shape index (κ1) is 20.5. The number of anilines is 1. The Kier molecular flexibility index (Phi) is 6.41. The van der Waals surface area contributed by atoms with Crippen LogP contribution in [0.25, 0.3) is 17.0 Å². The van der Waals surface area contributed by atoms with Crippen LogP contribution in [0.3, 0.4) is 0 Å². The Morgan fingerprint density at radius 3 is 2.80 bits per heavy atom. The highest BCUT2D eigenvalue weighted by molar-refractivity contribution is 6.31. The van der Waals surface area contributed by atoms with Gasteiger partial charge in [0.25, 0.3) is 0 Å². The normalized spacial score (nSPS) is 15.7. The summed E-state index contributed by atoms with van der Waals surface area (Å²) < 4.78 is 5.29. The van der Waals surface area contributed by atoms with Crippen LogP contribution in [0, 0.1) is 0 Å². The zero-order valence-electron chi connectivity index (χ0n) is 17.0. The van der Waals surface area contributed by atoms with Crippen molar-refractivity contribution in [3.63, 3.8) is 0 Å². The summed E-state index contributed by atoms with van der Waals surface area (Å²) in [7, 11) is 1.90. The fourth-order valence-electron chi connectivity index (χ4n) is 3.94. The smallest absolute Gasteiger partial charge is 0.338 e. The molecular formula is C24H26ClN3O2. The average Bonchev–Trinajstić information content (AvgIpc) is 2.74. The highest BCUT2D eigenvalue weighted by Gasteiger charge is 2.20. The summed E-state index contributed by atoms with van der Waals surface area (Å²) in [5.41, 5.74) is 3.52. The molecule has 2 aromatic carbocycles. The number of nitrogens with zero attached hydrogens (tertiary/aromatic N) is 1. The molecule has 5 nitrogen and oxygen atoms in total. The quantitative estimate of drug-likeness (QED) is 0.562. The van der Waals surface area contributed by atoms with Crippen LogP contribution in [0.4, 0.5) is 5.69 Å². The van der Waals surface area contributed by atoms with Gasteiger partial charge in [-0.2, -0.15) is 0 Å². The van der Waals surface area contributed by atoms with Gasteiger partial charge in [0.15, 0.2) is 0 Å². The Morgan fingerprint density at radius 1 is 1.17 bits per heavy atom. The van der Waals surface area contributed by atoms with Crippen LogP contribution in [-0.4, -0.2) is 31.1 Å². The van der Waals surface area contributed by atoms with Crippen LogP contribution < -0.4 is 16.3 Å². The Labute approximate surface area is 181 Å². The summed E-state index contributed by atoms with van der Waals surface area (Å²) in [5, 5.41) is 8.05. The van der Waals surface area contributed by atoms with Gasteiger partial charge in [-0.25, -0.2) is 4.79 Å². The third-order valence-electron chi connectivity index (χ3n) is 5.45. The zero-order valence-corrected chi connectivity index (χ0v) is 17.8. The van der Waals surface area contributed by atoms with Gasteiger partial charge in [-0.05, 0) is 54.4 Å². The van der Waals surface area contributed by atoms with Crippen LogP contribution in [0.2, 0.25) is 5.02 Å². The lowest BCUT2D eigenvalue weighted by molar-refractivity contribution is 0.211. The number of hydrogen-bond donors (Lipinski definition) is 2. The first-order chi connectivity index (χ1) is 14.6. The molecule has 1 aliphatic heterocycles. The monoisotopic (exact) mass is 423 g/mol. The van der Waals surface area contributed by atoms with E-state index in [0.29, 0.717) is 16.6 Å². The molecular weight excluding hydrogens is 398 g/mol. The molecule has 1 saturated heterocycles. The minimum Gasteiger partial charge on any atom is -0.423 e. The predicted octanol–water partition coefficient (Wildman–Crippen LogP) is 4.71. The standard InChI is InChI=1S/C24H26ClN3O2/c1-26-10-7-17-3-2-4-18(13-17)16-28-11-8-20(9-12-28)27-22-15-24(29)30-23-6-5-19(25)14-21(22)23/h2-7,10,13-15,20,26-27H,8-9,11-12,16H2,1H3/b10-7-. The summed E-state index contributed by atoms with van der Waals surface area (Å²) in [6.45, 7) is 2.96. The molecule has 0 radical (unpaired) electrons. The van der Waals surface area contributed by atoms with Crippen molar-refractivity contribution in [2.45, 2.75) is 25.4 Å². The number of hydrogen-bond acceptors (Lipinski definition) is 5. The summed E-state index contributed by atoms with van der Waals surface area (Å²) in [4.78, 5) is 14.4. The molecule has 0 bridgehead atoms. The number of piperidine rings is 1. The predicted molar refractivity (Wildman–Crippen MR) is 124 cm³/mol. The second kappa shape index (κ2) is 9.37. The Balaban J connectivity index is 1.39. The van der Waals surface area contributed by atoms with E-state index < -0.39 is 0 Å². The Bertz CT molecular complexity index is 1100. The molecule has 156 valence electrons. The van der Waals surface area contributed by atoms with Crippen LogP contribution in [0.15, 0.2) is 63.9 Å². The Morgan fingerprint density at radius 2 is 2.00 bits per heavy atom. The number of nitrogens with one attached hydrogen (secondary N) is 2. The fraction of sp³-hybridized carbons (Fsp3) is 0.292. The molecule has 0 saturated carbocycles. The van der Waals surface area contributed by atoms with E-state index in [1.54, 1.807) is 12.1 Å². The van der Waals surface area contributed by atoms with Crippen molar-refractivity contribution < 1.29 is 4.42 Å². The van der Waals surface area contributed by atoms with Gasteiger partial charge in [0.2, 0.25) is 0 Å². The van der Waals surface area contributed by atoms with Gasteiger partial charge >= 0.3 is 5.63 Å². The molecule has 2 heterocycles. The van der Waals surface area contributed by atoms with E-state index >= 15 is 0 Å². The van der Waals surface area contributed by atoms with E-state index in [0.717, 1.165) is 43.5 Å². The molecule has 0 aliphatic carbocycles. The summed E-state index contributed by atoms with van der Waals surface area (Å²) in [5.74, 6) is 0. The van der Waals surface area contributed by atoms with Crippen molar-refractivity contribution >= 4 is 34.3 Å². The Hall–Kier alpha value is -2.76. The van der Waals surface area contributed by atoms with Gasteiger partial charge < -0.3 is 15.1 Å². The lowest BCUT2D eigenvalue weighted by Gasteiger charge is -2.33. The summed E-state index contributed by atoms with van der Waals surface area (Å²) in [6, 6.07) is 15.8. The SMILES string of the molecule is CN/C=C\c1cccc(CN2CCC(Nc3cc(=O)oc4ccc(Cl)cc34)CC2)c1. The van der Waals surface area contributed by atoms with E-state index in [1.807, 2.05) is 19.3 Å². The third-order valence-corrected chi connectivity index (χ3v) is 5.69. The van der Waals surface area contributed by atoms with Crippen molar-refractivity contribution in [1.82, 2.24) is 10.2 Å². The second-order valence-corrected chi connectivity index (χ2v) is 8.12. The number of fused-ring (bicyclic) bond motifs is 1. The van der Waals surface area contributed by atoms with E-state index in [-0.39, 0.29) is 5.63 Å². The number of benzene rings is 2. The largest absolute Gasteiger partial charge is 0.423 e. The maximum atomic E-state index is 11.9. The van der Waals surface area contributed by atoms with E-state index in [4.69, 9.17) is 16.0 Å². The first-order valence-corrected chi connectivity index (χ1v) is 10.6. The molecule has 30 heavy (non-hydrogen) atoms. The zero-order chi connectivity index (χ0) is 20.9. The molecule has 1 aliphatic rings. The molecule has 0 spiro atoms. The first-order valence-electron chi connectivity index (χ1n) is 10.3. The van der Waals surface area contributed by atoms with Gasteiger partial charge in [0, 0.05) is 49.2 Å². The third kappa shape index (κ3) is 5.04. The van der Waals surface area contributed by atoms with Crippen molar-refractivity contribution in [3.8, 4) is 0 Å². The molecule has 3 aromatic rings. The number of halogens is 1. The highest BCUT2D eigenvalue weighted by Crippen LogP contribution is 2.27. The topological polar surface area (TPSA) is 57.5 Å². The van der Waals surface area contributed by atoms with Gasteiger partial charge in [0.05, 0.1) is 5.69 Å². The fourth-order valence-corrected chi connectivity index (χ4v) is 4.11. The van der Waals surface area contributed by atoms with Crippen molar-refractivity contribution in [3.05, 3.63) is 81.3 Å². The second-order valence-electron chi connectivity index (χ2n) is 7.68. The van der Waals surface area contributed by atoms with Crippen LogP contribution in [-0.2, 0) is 6.54 Å². The van der Waals surface area contributed by atoms with E-state index in [2.05, 4.69) is 45.9 Å². The highest BCUT2D eigenvalue weighted by atomic mass is 35.5. The minimum absolute atomic E-state index is 0.315. The molecule has 1 aromatic heterocycles. The van der Waals surface area contributed by atoms with Gasteiger partial charge in [-0.15, -0.1) is 0 Å². The molecule has 1 fully saturated rings. The average molecular weight is 424 g/mol. The molecule has 0 atom stereocenters. The maximum absolute atomic E-state index is 11.9. The molecule has 6 heteroatoms. The van der Waals surface area contributed by atoms with Gasteiger partial charge in [0.1, 0.15) is 5.58 Å². The molecule has 4 rings (SSSR count). The summed E-state index contributed by atoms with van der Waals surface area (Å²) in [6.07, 6.45) is 6.05. The van der Waals surface area contributed by atoms with Crippen molar-refractivity contribution in [1.29, 1.82) is 0 Å².